The third kappa shape index (κ3) is 4.41. The maximum absolute atomic E-state index is 12.0. The Kier molecular flexibility index (Phi) is 5.37. The summed E-state index contributed by atoms with van der Waals surface area (Å²) in [5.41, 5.74) is -0.572. The van der Waals surface area contributed by atoms with Gasteiger partial charge in [-0.3, -0.25) is 4.79 Å². The molecular formula is C14H22N2O4. The van der Waals surface area contributed by atoms with Crippen LogP contribution in [0.2, 0.25) is 0 Å². The molecule has 0 N–H and O–H groups in total. The zero-order valence-corrected chi connectivity index (χ0v) is 12.5. The lowest BCUT2D eigenvalue weighted by Gasteiger charge is -2.35. The van der Waals surface area contributed by atoms with E-state index in [1.165, 1.54) is 4.90 Å². The highest BCUT2D eigenvalue weighted by Gasteiger charge is 2.38. The fourth-order valence-corrected chi connectivity index (χ4v) is 2.11. The van der Waals surface area contributed by atoms with Crippen LogP contribution in [0.1, 0.15) is 34.1 Å². The van der Waals surface area contributed by atoms with E-state index in [9.17, 15) is 14.9 Å². The van der Waals surface area contributed by atoms with Crippen molar-refractivity contribution >= 4 is 12.1 Å². The summed E-state index contributed by atoms with van der Waals surface area (Å²) in [6, 6.07) is 2.09. The van der Waals surface area contributed by atoms with Crippen molar-refractivity contribution in [1.29, 1.82) is 5.26 Å². The van der Waals surface area contributed by atoms with Crippen LogP contribution in [0, 0.1) is 23.2 Å². The molecule has 1 amide bonds. The zero-order valence-electron chi connectivity index (χ0n) is 12.5. The number of piperidine rings is 1. The molecule has 1 fully saturated rings. The van der Waals surface area contributed by atoms with E-state index < -0.39 is 23.5 Å². The van der Waals surface area contributed by atoms with Gasteiger partial charge in [0.05, 0.1) is 24.5 Å². The number of carbonyl (C=O) groups is 2. The van der Waals surface area contributed by atoms with E-state index in [1.54, 1.807) is 27.7 Å². The van der Waals surface area contributed by atoms with Crippen LogP contribution in [-0.2, 0) is 14.3 Å². The maximum atomic E-state index is 12.0. The molecule has 0 aromatic rings. The minimum absolute atomic E-state index is 0.203. The smallest absolute Gasteiger partial charge is 0.410 e. The van der Waals surface area contributed by atoms with Crippen molar-refractivity contribution in [3.63, 3.8) is 0 Å². The molecule has 1 heterocycles. The number of carbonyl (C=O) groups excluding carboxylic acids is 2. The van der Waals surface area contributed by atoms with Gasteiger partial charge in [-0.25, -0.2) is 4.79 Å². The summed E-state index contributed by atoms with van der Waals surface area (Å²) in [5.74, 6) is -1.36. The SMILES string of the molecule is CCOC(=O)C1CCN(C(=O)OC(C)(C)C)CC1C#N. The first-order chi connectivity index (χ1) is 9.28. The van der Waals surface area contributed by atoms with E-state index in [2.05, 4.69) is 6.07 Å². The molecule has 0 aliphatic carbocycles. The van der Waals surface area contributed by atoms with Crippen molar-refractivity contribution in [3.05, 3.63) is 0 Å². The number of amides is 1. The Hall–Kier alpha value is -1.77. The first-order valence-electron chi connectivity index (χ1n) is 6.82. The second-order valence-electron chi connectivity index (χ2n) is 5.81. The fraction of sp³-hybridized carbons (Fsp3) is 0.786. The first-order valence-corrected chi connectivity index (χ1v) is 6.82. The fourth-order valence-electron chi connectivity index (χ4n) is 2.11. The standard InChI is InChI=1S/C14H22N2O4/c1-5-19-12(17)11-6-7-16(9-10(11)8-15)13(18)20-14(2,3)4/h10-11H,5-7,9H2,1-4H3. The predicted molar refractivity (Wildman–Crippen MR) is 71.7 cm³/mol. The molecule has 0 aromatic heterocycles. The number of nitrogens with zero attached hydrogens (tertiary/aromatic N) is 2. The first kappa shape index (κ1) is 16.3. The van der Waals surface area contributed by atoms with Crippen LogP contribution in [0.15, 0.2) is 0 Å². The largest absolute Gasteiger partial charge is 0.466 e. The zero-order chi connectivity index (χ0) is 15.3. The van der Waals surface area contributed by atoms with Gasteiger partial charge in [0.15, 0.2) is 0 Å². The van der Waals surface area contributed by atoms with Crippen molar-refractivity contribution in [2.45, 2.75) is 39.7 Å². The molecule has 1 saturated heterocycles. The number of likely N-dealkylation sites (tertiary alicyclic amines) is 1. The van der Waals surface area contributed by atoms with Gasteiger partial charge in [-0.2, -0.15) is 5.26 Å². The molecule has 112 valence electrons. The van der Waals surface area contributed by atoms with E-state index in [-0.39, 0.29) is 12.5 Å². The summed E-state index contributed by atoms with van der Waals surface area (Å²) in [7, 11) is 0. The van der Waals surface area contributed by atoms with Crippen molar-refractivity contribution in [3.8, 4) is 6.07 Å². The lowest BCUT2D eigenvalue weighted by atomic mass is 9.86. The molecule has 2 unspecified atom stereocenters. The Bertz CT molecular complexity index is 408. The van der Waals surface area contributed by atoms with E-state index in [4.69, 9.17) is 9.47 Å². The molecular weight excluding hydrogens is 260 g/mol. The maximum Gasteiger partial charge on any atom is 0.410 e. The second kappa shape index (κ2) is 6.60. The second-order valence-corrected chi connectivity index (χ2v) is 5.81. The number of ether oxygens (including phenoxy) is 2. The van der Waals surface area contributed by atoms with E-state index >= 15 is 0 Å². The number of hydrogen-bond donors (Lipinski definition) is 0. The molecule has 2 atom stereocenters. The van der Waals surface area contributed by atoms with Gasteiger partial charge in [-0.15, -0.1) is 0 Å². The van der Waals surface area contributed by atoms with E-state index in [0.717, 1.165) is 0 Å². The minimum atomic E-state index is -0.572. The van der Waals surface area contributed by atoms with Crippen LogP contribution < -0.4 is 0 Å². The average Bonchev–Trinajstić information content (AvgIpc) is 2.36. The van der Waals surface area contributed by atoms with Gasteiger partial charge in [-0.05, 0) is 34.1 Å². The molecule has 1 rings (SSSR count). The quantitative estimate of drug-likeness (QED) is 0.723. The van der Waals surface area contributed by atoms with Gasteiger partial charge < -0.3 is 14.4 Å². The summed E-state index contributed by atoms with van der Waals surface area (Å²) in [6.07, 6.45) is -0.0175. The summed E-state index contributed by atoms with van der Waals surface area (Å²) < 4.78 is 10.2. The van der Waals surface area contributed by atoms with Crippen LogP contribution in [0.3, 0.4) is 0 Å². The van der Waals surface area contributed by atoms with E-state index in [0.29, 0.717) is 19.6 Å². The number of nitriles is 1. The lowest BCUT2D eigenvalue weighted by Crippen LogP contribution is -2.47. The minimum Gasteiger partial charge on any atom is -0.466 e. The van der Waals surface area contributed by atoms with Crippen molar-refractivity contribution < 1.29 is 19.1 Å². The number of hydrogen-bond acceptors (Lipinski definition) is 5. The number of rotatable bonds is 2. The molecule has 20 heavy (non-hydrogen) atoms. The third-order valence-corrected chi connectivity index (χ3v) is 3.02. The molecule has 0 radical (unpaired) electrons. The highest BCUT2D eigenvalue weighted by atomic mass is 16.6. The Morgan fingerprint density at radius 3 is 2.55 bits per heavy atom. The lowest BCUT2D eigenvalue weighted by molar-refractivity contribution is -0.151. The topological polar surface area (TPSA) is 79.6 Å². The Morgan fingerprint density at radius 2 is 2.05 bits per heavy atom. The Balaban J connectivity index is 2.66. The van der Waals surface area contributed by atoms with Crippen molar-refractivity contribution in [2.75, 3.05) is 19.7 Å². The molecule has 6 heteroatoms. The summed E-state index contributed by atoms with van der Waals surface area (Å²) in [6.45, 7) is 8.00. The highest BCUT2D eigenvalue weighted by Crippen LogP contribution is 2.25. The van der Waals surface area contributed by atoms with Crippen LogP contribution in [-0.4, -0.2) is 42.3 Å². The van der Waals surface area contributed by atoms with E-state index in [1.807, 2.05) is 0 Å². The van der Waals surface area contributed by atoms with Gasteiger partial charge in [-0.1, -0.05) is 0 Å². The Morgan fingerprint density at radius 1 is 1.40 bits per heavy atom. The molecule has 0 bridgehead atoms. The predicted octanol–water partition coefficient (Wildman–Crippen LogP) is 1.95. The van der Waals surface area contributed by atoms with Gasteiger partial charge in [0, 0.05) is 13.1 Å². The molecule has 0 aromatic carbocycles. The van der Waals surface area contributed by atoms with Crippen molar-refractivity contribution in [1.82, 2.24) is 4.90 Å². The van der Waals surface area contributed by atoms with Crippen LogP contribution in [0.25, 0.3) is 0 Å². The third-order valence-electron chi connectivity index (χ3n) is 3.02. The monoisotopic (exact) mass is 282 g/mol. The Labute approximate surface area is 119 Å². The molecule has 6 nitrogen and oxygen atoms in total. The normalized spacial score (nSPS) is 22.9. The van der Waals surface area contributed by atoms with Crippen LogP contribution in [0.4, 0.5) is 4.79 Å². The summed E-state index contributed by atoms with van der Waals surface area (Å²) >= 11 is 0. The molecule has 1 aliphatic rings. The molecule has 1 aliphatic heterocycles. The molecule has 0 spiro atoms. The average molecular weight is 282 g/mol. The molecule has 0 saturated carbocycles. The van der Waals surface area contributed by atoms with Crippen LogP contribution in [0.5, 0.6) is 0 Å². The van der Waals surface area contributed by atoms with Gasteiger partial charge in [0.2, 0.25) is 0 Å². The summed E-state index contributed by atoms with van der Waals surface area (Å²) in [4.78, 5) is 25.2. The van der Waals surface area contributed by atoms with Crippen LogP contribution >= 0.6 is 0 Å². The summed E-state index contributed by atoms with van der Waals surface area (Å²) in [5, 5.41) is 9.17. The van der Waals surface area contributed by atoms with Gasteiger partial charge >= 0.3 is 12.1 Å². The highest BCUT2D eigenvalue weighted by molar-refractivity contribution is 5.74. The van der Waals surface area contributed by atoms with Gasteiger partial charge in [0.25, 0.3) is 0 Å². The van der Waals surface area contributed by atoms with Gasteiger partial charge in [0.1, 0.15) is 5.60 Å². The van der Waals surface area contributed by atoms with Crippen molar-refractivity contribution in [2.24, 2.45) is 11.8 Å². The number of esters is 1.